The number of methoxy groups -OCH3 is 2. The van der Waals surface area contributed by atoms with Gasteiger partial charge in [0.05, 0.1) is 20.8 Å². The zero-order chi connectivity index (χ0) is 21.6. The number of phenolic OH excluding ortho intramolecular Hbond substituents is 1. The van der Waals surface area contributed by atoms with Crippen molar-refractivity contribution in [1.29, 1.82) is 0 Å². The Balaban J connectivity index is 2.40. The lowest BCUT2D eigenvalue weighted by molar-refractivity contribution is 0.270. The highest BCUT2D eigenvalue weighted by Crippen LogP contribution is 2.55. The fourth-order valence-electron chi connectivity index (χ4n) is 2.82. The summed E-state index contributed by atoms with van der Waals surface area (Å²) >= 11 is 0. The van der Waals surface area contributed by atoms with Crippen LogP contribution >= 0.6 is 7.60 Å². The SMILES string of the molecule is CCOP(=O)(Oc1cc(O)c(OC)c(OC)c1)C(CC)Nc1nccc(C)c1C. The summed E-state index contributed by atoms with van der Waals surface area (Å²) < 4.78 is 35.4. The molecule has 0 spiro atoms. The van der Waals surface area contributed by atoms with Crippen LogP contribution in [0.5, 0.6) is 23.0 Å². The maximum absolute atomic E-state index is 13.7. The van der Waals surface area contributed by atoms with Crippen LogP contribution in [0.2, 0.25) is 0 Å². The molecule has 0 saturated carbocycles. The topological polar surface area (TPSA) is 99.1 Å². The van der Waals surface area contributed by atoms with E-state index in [-0.39, 0.29) is 29.6 Å². The van der Waals surface area contributed by atoms with E-state index in [0.717, 1.165) is 11.1 Å². The van der Waals surface area contributed by atoms with Gasteiger partial charge in [0.1, 0.15) is 17.4 Å². The van der Waals surface area contributed by atoms with E-state index in [2.05, 4.69) is 10.3 Å². The molecule has 0 aliphatic heterocycles. The van der Waals surface area contributed by atoms with Crippen LogP contribution in [-0.2, 0) is 9.09 Å². The van der Waals surface area contributed by atoms with Gasteiger partial charge in [0.2, 0.25) is 5.75 Å². The molecule has 9 heteroatoms. The molecule has 1 aromatic carbocycles. The fourth-order valence-corrected chi connectivity index (χ4v) is 4.67. The first kappa shape index (κ1) is 22.8. The number of phenols is 1. The fraction of sp³-hybridized carbons (Fsp3) is 0.450. The van der Waals surface area contributed by atoms with Crippen molar-refractivity contribution in [2.75, 3.05) is 26.1 Å². The van der Waals surface area contributed by atoms with E-state index in [4.69, 9.17) is 18.5 Å². The summed E-state index contributed by atoms with van der Waals surface area (Å²) in [6, 6.07) is 4.72. The summed E-state index contributed by atoms with van der Waals surface area (Å²) in [6.45, 7) is 7.73. The number of aryl methyl sites for hydroxylation is 1. The van der Waals surface area contributed by atoms with E-state index in [0.29, 0.717) is 12.2 Å². The van der Waals surface area contributed by atoms with Crippen molar-refractivity contribution in [2.24, 2.45) is 0 Å². The average Bonchev–Trinajstić information content (AvgIpc) is 2.68. The van der Waals surface area contributed by atoms with Gasteiger partial charge in [-0.25, -0.2) is 9.55 Å². The molecule has 160 valence electrons. The Kier molecular flexibility index (Phi) is 7.76. The van der Waals surface area contributed by atoms with Crippen molar-refractivity contribution in [2.45, 2.75) is 39.9 Å². The van der Waals surface area contributed by atoms with Gasteiger partial charge in [-0.3, -0.25) is 4.52 Å². The molecule has 2 aromatic rings. The third-order valence-corrected chi connectivity index (χ3v) is 6.86. The van der Waals surface area contributed by atoms with E-state index >= 15 is 0 Å². The number of aromatic nitrogens is 1. The second-order valence-corrected chi connectivity index (χ2v) is 8.54. The van der Waals surface area contributed by atoms with Gasteiger partial charge in [0, 0.05) is 18.3 Å². The number of rotatable bonds is 10. The Morgan fingerprint density at radius 3 is 2.52 bits per heavy atom. The largest absolute Gasteiger partial charge is 0.504 e. The molecular weight excluding hydrogens is 395 g/mol. The van der Waals surface area contributed by atoms with Gasteiger partial charge in [0.25, 0.3) is 0 Å². The Labute approximate surface area is 171 Å². The van der Waals surface area contributed by atoms with Crippen LogP contribution in [0.4, 0.5) is 5.82 Å². The minimum atomic E-state index is -3.68. The molecule has 0 saturated heterocycles. The third-order valence-electron chi connectivity index (χ3n) is 4.52. The van der Waals surface area contributed by atoms with Crippen LogP contribution in [0.3, 0.4) is 0 Å². The number of ether oxygens (including phenoxy) is 2. The van der Waals surface area contributed by atoms with E-state index < -0.39 is 13.4 Å². The van der Waals surface area contributed by atoms with Gasteiger partial charge < -0.3 is 24.4 Å². The molecule has 2 rings (SSSR count). The van der Waals surface area contributed by atoms with Crippen LogP contribution in [0.1, 0.15) is 31.4 Å². The van der Waals surface area contributed by atoms with Gasteiger partial charge in [-0.05, 0) is 44.4 Å². The number of pyridine rings is 1. The molecule has 0 bridgehead atoms. The van der Waals surface area contributed by atoms with E-state index in [1.54, 1.807) is 13.1 Å². The first-order valence-electron chi connectivity index (χ1n) is 9.37. The monoisotopic (exact) mass is 424 g/mol. The summed E-state index contributed by atoms with van der Waals surface area (Å²) in [5, 5.41) is 13.4. The van der Waals surface area contributed by atoms with Gasteiger partial charge in [-0.1, -0.05) is 6.92 Å². The van der Waals surface area contributed by atoms with Crippen molar-refractivity contribution in [3.8, 4) is 23.0 Å². The summed E-state index contributed by atoms with van der Waals surface area (Å²) in [7, 11) is -0.834. The highest BCUT2D eigenvalue weighted by Gasteiger charge is 2.37. The number of hydrogen-bond acceptors (Lipinski definition) is 8. The summed E-state index contributed by atoms with van der Waals surface area (Å²) in [6.07, 6.45) is 2.15. The van der Waals surface area contributed by atoms with Gasteiger partial charge >= 0.3 is 7.60 Å². The highest BCUT2D eigenvalue weighted by molar-refractivity contribution is 7.55. The molecule has 8 nitrogen and oxygen atoms in total. The molecule has 0 aliphatic carbocycles. The van der Waals surface area contributed by atoms with Crippen LogP contribution in [0.25, 0.3) is 0 Å². The second kappa shape index (κ2) is 9.85. The summed E-state index contributed by atoms with van der Waals surface area (Å²) in [5.41, 5.74) is 2.02. The zero-order valence-electron chi connectivity index (χ0n) is 17.7. The number of hydrogen-bond donors (Lipinski definition) is 2. The molecule has 2 unspecified atom stereocenters. The number of aromatic hydroxyl groups is 1. The van der Waals surface area contributed by atoms with Crippen LogP contribution in [0, 0.1) is 13.8 Å². The van der Waals surface area contributed by atoms with E-state index in [1.807, 2.05) is 26.8 Å². The first-order valence-corrected chi connectivity index (χ1v) is 11.0. The normalized spacial score (nSPS) is 14.0. The molecule has 0 fully saturated rings. The van der Waals surface area contributed by atoms with E-state index in [9.17, 15) is 9.67 Å². The first-order chi connectivity index (χ1) is 13.8. The standard InChI is InChI=1S/C20H29N2O6P/c1-7-18(22-20-14(4)13(3)9-10-21-20)29(24,27-8-2)28-15-11-16(23)19(26-6)17(12-15)25-5/h9-12,18,23H,7-8H2,1-6H3,(H,21,22). The molecule has 0 radical (unpaired) electrons. The Hall–Kier alpha value is -2.44. The predicted molar refractivity (Wildman–Crippen MR) is 112 cm³/mol. The summed E-state index contributed by atoms with van der Waals surface area (Å²) in [5.74, 6) is 0.341. The Morgan fingerprint density at radius 1 is 1.21 bits per heavy atom. The predicted octanol–water partition coefficient (Wildman–Crippen LogP) is 4.88. The number of benzene rings is 1. The minimum absolute atomic E-state index is 0.145. The molecule has 0 aliphatic rings. The molecule has 29 heavy (non-hydrogen) atoms. The number of anilines is 1. The molecular formula is C20H29N2O6P. The molecule has 0 amide bonds. The Morgan fingerprint density at radius 2 is 1.93 bits per heavy atom. The van der Waals surface area contributed by atoms with Gasteiger partial charge in [0.15, 0.2) is 11.5 Å². The minimum Gasteiger partial charge on any atom is -0.504 e. The lowest BCUT2D eigenvalue weighted by Crippen LogP contribution is -2.24. The number of nitrogens with zero attached hydrogens (tertiary/aromatic N) is 1. The third kappa shape index (κ3) is 5.14. The molecule has 2 N–H and O–H groups in total. The van der Waals surface area contributed by atoms with Crippen molar-refractivity contribution >= 4 is 13.4 Å². The zero-order valence-corrected chi connectivity index (χ0v) is 18.6. The Bertz CT molecular complexity index is 890. The van der Waals surface area contributed by atoms with Crippen molar-refractivity contribution in [3.05, 3.63) is 35.5 Å². The van der Waals surface area contributed by atoms with Crippen molar-refractivity contribution in [3.63, 3.8) is 0 Å². The van der Waals surface area contributed by atoms with Gasteiger partial charge in [-0.2, -0.15) is 0 Å². The molecule has 1 aromatic heterocycles. The molecule has 1 heterocycles. The number of nitrogens with one attached hydrogen (secondary N) is 1. The second-order valence-electron chi connectivity index (χ2n) is 6.40. The van der Waals surface area contributed by atoms with Crippen LogP contribution < -0.4 is 19.3 Å². The quantitative estimate of drug-likeness (QED) is 0.521. The van der Waals surface area contributed by atoms with Crippen LogP contribution in [-0.4, -0.2) is 36.7 Å². The van der Waals surface area contributed by atoms with Crippen LogP contribution in [0.15, 0.2) is 24.4 Å². The summed E-state index contributed by atoms with van der Waals surface area (Å²) in [4.78, 5) is 4.35. The maximum atomic E-state index is 13.7. The highest BCUT2D eigenvalue weighted by atomic mass is 31.2. The lowest BCUT2D eigenvalue weighted by atomic mass is 10.1. The van der Waals surface area contributed by atoms with Gasteiger partial charge in [-0.15, -0.1) is 0 Å². The molecule has 2 atom stereocenters. The lowest BCUT2D eigenvalue weighted by Gasteiger charge is -2.28. The maximum Gasteiger partial charge on any atom is 0.401 e. The van der Waals surface area contributed by atoms with Crippen molar-refractivity contribution < 1.29 is 28.2 Å². The van der Waals surface area contributed by atoms with Crippen molar-refractivity contribution in [1.82, 2.24) is 4.98 Å². The smallest absolute Gasteiger partial charge is 0.401 e. The van der Waals surface area contributed by atoms with E-state index in [1.165, 1.54) is 26.4 Å². The average molecular weight is 424 g/mol.